The number of sulfone groups is 1. The average Bonchev–Trinajstić information content (AvgIpc) is 3.44. The van der Waals surface area contributed by atoms with Crippen molar-refractivity contribution >= 4 is 31.7 Å². The fourth-order valence-electron chi connectivity index (χ4n) is 2.98. The number of rotatable bonds is 6. The summed E-state index contributed by atoms with van der Waals surface area (Å²) in [5.41, 5.74) is -4.14. The minimum absolute atomic E-state index is 0.0169. The molecule has 1 atom stereocenters. The number of halogens is 3. The summed E-state index contributed by atoms with van der Waals surface area (Å²) < 4.78 is 82.8. The molecule has 4 aromatic rings. The molecule has 0 N–H and O–H groups in total. The van der Waals surface area contributed by atoms with Gasteiger partial charge in [-0.05, 0) is 31.2 Å². The van der Waals surface area contributed by atoms with E-state index in [4.69, 9.17) is 4.42 Å². The van der Waals surface area contributed by atoms with Gasteiger partial charge in [0, 0.05) is 18.3 Å². The Labute approximate surface area is 188 Å². The Kier molecular flexibility index (Phi) is 5.82. The number of hydrogen-bond acceptors (Lipinski definition) is 8. The topological polar surface area (TPSA) is 121 Å². The quantitative estimate of drug-likeness (QED) is 0.395. The molecule has 0 spiro atoms. The van der Waals surface area contributed by atoms with E-state index in [0.29, 0.717) is 17.8 Å². The van der Waals surface area contributed by atoms with Crippen LogP contribution in [0.3, 0.4) is 0 Å². The molecule has 1 unspecified atom stereocenters. The van der Waals surface area contributed by atoms with Crippen LogP contribution in [0, 0.1) is 0 Å². The molecule has 0 fully saturated rings. The number of benzene rings is 1. The second-order valence-electron chi connectivity index (χ2n) is 6.80. The molecule has 0 saturated heterocycles. The van der Waals surface area contributed by atoms with Crippen molar-refractivity contribution in [1.29, 1.82) is 0 Å². The van der Waals surface area contributed by atoms with E-state index in [0.717, 1.165) is 12.1 Å². The first-order valence-electron chi connectivity index (χ1n) is 9.56. The van der Waals surface area contributed by atoms with Crippen LogP contribution in [0.25, 0.3) is 33.9 Å². The zero-order valence-corrected chi connectivity index (χ0v) is 18.8. The molecule has 1 aromatic carbocycles. The summed E-state index contributed by atoms with van der Waals surface area (Å²) in [5, 5.41) is 7.93. The first-order valence-corrected chi connectivity index (χ1v) is 12.4. The highest BCUT2D eigenvalue weighted by molar-refractivity contribution is 7.91. The van der Waals surface area contributed by atoms with E-state index < -0.39 is 31.0 Å². The third-order valence-electron chi connectivity index (χ3n) is 4.71. The fourth-order valence-corrected chi connectivity index (χ4v) is 4.71. The van der Waals surface area contributed by atoms with Gasteiger partial charge in [0.15, 0.2) is 26.2 Å². The Hall–Kier alpha value is -3.13. The normalized spacial score (nSPS) is 13.5. The van der Waals surface area contributed by atoms with Gasteiger partial charge in [-0.15, -0.1) is 5.10 Å². The Morgan fingerprint density at radius 2 is 1.94 bits per heavy atom. The van der Waals surface area contributed by atoms with E-state index in [-0.39, 0.29) is 33.3 Å². The number of aromatic nitrogens is 5. The van der Waals surface area contributed by atoms with Crippen LogP contribution in [0.2, 0.25) is 0 Å². The molecule has 0 aliphatic rings. The lowest BCUT2D eigenvalue weighted by molar-refractivity contribution is -0.0384. The molecule has 0 saturated carbocycles. The van der Waals surface area contributed by atoms with Crippen LogP contribution >= 0.6 is 0 Å². The summed E-state index contributed by atoms with van der Waals surface area (Å²) in [6, 6.07) is 4.57. The SMILES string of the molecule is CCn1cc(-c2cnc(-c3nc4cc(S(=O)C(F)(F)F)ccc4o3)c(S(=O)(=O)CC)c2)nn1. The van der Waals surface area contributed by atoms with E-state index >= 15 is 0 Å². The largest absolute Gasteiger partial charge is 0.475 e. The molecule has 174 valence electrons. The van der Waals surface area contributed by atoms with Gasteiger partial charge in [0.1, 0.15) is 16.9 Å². The molecule has 4 rings (SSSR count). The highest BCUT2D eigenvalue weighted by atomic mass is 32.2. The van der Waals surface area contributed by atoms with Gasteiger partial charge in [0.2, 0.25) is 5.89 Å². The number of fused-ring (bicyclic) bond motifs is 1. The molecule has 9 nitrogen and oxygen atoms in total. The second-order valence-corrected chi connectivity index (χ2v) is 10.5. The van der Waals surface area contributed by atoms with Gasteiger partial charge in [-0.2, -0.15) is 13.2 Å². The maximum atomic E-state index is 12.8. The molecule has 0 bridgehead atoms. The van der Waals surface area contributed by atoms with Crippen molar-refractivity contribution in [2.24, 2.45) is 0 Å². The number of oxazole rings is 1. The lowest BCUT2D eigenvalue weighted by Crippen LogP contribution is -2.16. The van der Waals surface area contributed by atoms with Gasteiger partial charge in [-0.25, -0.2) is 22.6 Å². The molecule has 14 heteroatoms. The molecule has 3 aromatic heterocycles. The standard InChI is InChI=1S/C19H16F3N5O4S2/c1-3-27-10-14(25-26-27)11-7-16(33(29,30)4-2)17(23-9-11)18-24-13-8-12(5-6-15(13)31-18)32(28)19(20,21)22/h5-10H,3-4H2,1-2H3. The van der Waals surface area contributed by atoms with Crippen molar-refractivity contribution in [3.63, 3.8) is 0 Å². The van der Waals surface area contributed by atoms with Gasteiger partial charge in [0.25, 0.3) is 0 Å². The van der Waals surface area contributed by atoms with E-state index in [1.807, 2.05) is 6.92 Å². The number of nitrogens with zero attached hydrogens (tertiary/aromatic N) is 5. The molecule has 3 heterocycles. The Bertz CT molecular complexity index is 1480. The number of pyridine rings is 1. The summed E-state index contributed by atoms with van der Waals surface area (Å²) in [5.74, 6) is -0.433. The lowest BCUT2D eigenvalue weighted by atomic mass is 10.2. The minimum atomic E-state index is -4.93. The zero-order valence-electron chi connectivity index (χ0n) is 17.2. The second kappa shape index (κ2) is 8.33. The van der Waals surface area contributed by atoms with Crippen LogP contribution in [0.1, 0.15) is 13.8 Å². The summed E-state index contributed by atoms with van der Waals surface area (Å²) in [6.07, 6.45) is 3.02. The molecule has 0 amide bonds. The summed E-state index contributed by atoms with van der Waals surface area (Å²) in [6.45, 7) is 3.91. The predicted molar refractivity (Wildman–Crippen MR) is 112 cm³/mol. The summed E-state index contributed by atoms with van der Waals surface area (Å²) in [7, 11) is -7.04. The van der Waals surface area contributed by atoms with Crippen molar-refractivity contribution < 1.29 is 30.2 Å². The number of aryl methyl sites for hydroxylation is 1. The van der Waals surface area contributed by atoms with Gasteiger partial charge in [0.05, 0.1) is 21.7 Å². The van der Waals surface area contributed by atoms with Crippen LogP contribution < -0.4 is 0 Å². The number of alkyl halides is 3. The van der Waals surface area contributed by atoms with Crippen LogP contribution in [0.5, 0.6) is 0 Å². The van der Waals surface area contributed by atoms with Gasteiger partial charge < -0.3 is 4.42 Å². The molecular weight excluding hydrogens is 483 g/mol. The van der Waals surface area contributed by atoms with E-state index in [2.05, 4.69) is 20.3 Å². The van der Waals surface area contributed by atoms with E-state index in [9.17, 15) is 25.8 Å². The summed E-state index contributed by atoms with van der Waals surface area (Å²) in [4.78, 5) is 7.65. The maximum Gasteiger partial charge on any atom is 0.475 e. The molecule has 0 aliphatic heterocycles. The summed E-state index contributed by atoms with van der Waals surface area (Å²) >= 11 is 0. The van der Waals surface area contributed by atoms with E-state index in [1.54, 1.807) is 10.9 Å². The van der Waals surface area contributed by atoms with E-state index in [1.165, 1.54) is 25.3 Å². The predicted octanol–water partition coefficient (Wildman–Crippen LogP) is 3.59. The lowest BCUT2D eigenvalue weighted by Gasteiger charge is -2.07. The third-order valence-corrected chi connectivity index (χ3v) is 7.56. The average molecular weight is 499 g/mol. The fraction of sp³-hybridized carbons (Fsp3) is 0.263. The van der Waals surface area contributed by atoms with Crippen LogP contribution in [0.15, 0.2) is 50.9 Å². The monoisotopic (exact) mass is 499 g/mol. The highest BCUT2D eigenvalue weighted by Gasteiger charge is 2.38. The van der Waals surface area contributed by atoms with Crippen molar-refractivity contribution in [2.75, 3.05) is 5.75 Å². The van der Waals surface area contributed by atoms with Crippen molar-refractivity contribution in [1.82, 2.24) is 25.0 Å². The van der Waals surface area contributed by atoms with Gasteiger partial charge in [-0.3, -0.25) is 4.68 Å². The Morgan fingerprint density at radius 3 is 2.58 bits per heavy atom. The molecule has 0 radical (unpaired) electrons. The molecule has 33 heavy (non-hydrogen) atoms. The first kappa shape index (κ1) is 23.0. The first-order chi connectivity index (χ1) is 15.5. The Balaban J connectivity index is 1.84. The van der Waals surface area contributed by atoms with Crippen LogP contribution in [0.4, 0.5) is 13.2 Å². The van der Waals surface area contributed by atoms with Crippen molar-refractivity contribution in [3.05, 3.63) is 36.7 Å². The third kappa shape index (κ3) is 4.39. The van der Waals surface area contributed by atoms with Crippen molar-refractivity contribution in [3.8, 4) is 22.8 Å². The molecular formula is C19H16F3N5O4S2. The smallest absolute Gasteiger partial charge is 0.435 e. The van der Waals surface area contributed by atoms with Gasteiger partial charge >= 0.3 is 5.51 Å². The highest BCUT2D eigenvalue weighted by Crippen LogP contribution is 2.33. The van der Waals surface area contributed by atoms with Crippen LogP contribution in [-0.4, -0.2) is 48.8 Å². The maximum absolute atomic E-state index is 12.8. The Morgan fingerprint density at radius 1 is 1.18 bits per heavy atom. The van der Waals surface area contributed by atoms with Crippen molar-refractivity contribution in [2.45, 2.75) is 35.7 Å². The van der Waals surface area contributed by atoms with Crippen LogP contribution in [-0.2, 0) is 27.2 Å². The number of hydrogen-bond donors (Lipinski definition) is 0. The zero-order chi connectivity index (χ0) is 24.0. The molecule has 0 aliphatic carbocycles. The van der Waals surface area contributed by atoms with Gasteiger partial charge in [-0.1, -0.05) is 12.1 Å². The minimum Gasteiger partial charge on any atom is -0.435 e.